The molecule has 0 aliphatic carbocycles. The Bertz CT molecular complexity index is 524. The molecule has 0 radical (unpaired) electrons. The fourth-order valence-electron chi connectivity index (χ4n) is 2.22. The van der Waals surface area contributed by atoms with Gasteiger partial charge in [0.15, 0.2) is 0 Å². The summed E-state index contributed by atoms with van der Waals surface area (Å²) in [5.41, 5.74) is 6.64. The molecule has 2 rings (SSSR count). The van der Waals surface area contributed by atoms with Crippen molar-refractivity contribution in [3.8, 4) is 11.1 Å². The van der Waals surface area contributed by atoms with Crippen molar-refractivity contribution in [2.24, 2.45) is 0 Å². The largest absolute Gasteiger partial charge is 0.378 e. The van der Waals surface area contributed by atoms with Gasteiger partial charge < -0.3 is 4.90 Å². The first kappa shape index (κ1) is 12.7. The summed E-state index contributed by atoms with van der Waals surface area (Å²) in [5, 5.41) is 0. The smallest absolute Gasteiger partial charge is 0.0361 e. The normalized spacial score (nSPS) is 10.4. The Balaban J connectivity index is 2.34. The summed E-state index contributed by atoms with van der Waals surface area (Å²) in [6.45, 7) is 4.39. The predicted octanol–water partition coefficient (Wildman–Crippen LogP) is 4.29. The number of aryl methyl sites for hydroxylation is 2. The highest BCUT2D eigenvalue weighted by molar-refractivity contribution is 5.67. The number of rotatable bonds is 3. The molecule has 0 heterocycles. The minimum absolute atomic E-state index is 1.10. The van der Waals surface area contributed by atoms with Gasteiger partial charge in [-0.3, -0.25) is 0 Å². The molecule has 0 fully saturated rings. The van der Waals surface area contributed by atoms with Crippen LogP contribution in [-0.2, 0) is 6.42 Å². The van der Waals surface area contributed by atoms with E-state index in [4.69, 9.17) is 0 Å². The molecule has 0 atom stereocenters. The monoisotopic (exact) mass is 239 g/mol. The highest BCUT2D eigenvalue weighted by Gasteiger charge is 2.02. The summed E-state index contributed by atoms with van der Waals surface area (Å²) in [5.74, 6) is 0. The molecule has 0 aliphatic rings. The van der Waals surface area contributed by atoms with Gasteiger partial charge in [0.2, 0.25) is 0 Å². The molecule has 0 N–H and O–H groups in total. The first-order valence-electron chi connectivity index (χ1n) is 6.49. The van der Waals surface area contributed by atoms with E-state index in [-0.39, 0.29) is 0 Å². The van der Waals surface area contributed by atoms with Gasteiger partial charge in [-0.25, -0.2) is 0 Å². The lowest BCUT2D eigenvalue weighted by molar-refractivity contribution is 1.11. The van der Waals surface area contributed by atoms with Gasteiger partial charge in [-0.1, -0.05) is 37.3 Å². The van der Waals surface area contributed by atoms with Crippen LogP contribution < -0.4 is 4.90 Å². The van der Waals surface area contributed by atoms with Crippen molar-refractivity contribution in [2.45, 2.75) is 20.3 Å². The Morgan fingerprint density at radius 1 is 0.889 bits per heavy atom. The van der Waals surface area contributed by atoms with Crippen LogP contribution >= 0.6 is 0 Å². The Kier molecular flexibility index (Phi) is 3.71. The molecule has 0 aromatic heterocycles. The zero-order valence-electron chi connectivity index (χ0n) is 11.7. The van der Waals surface area contributed by atoms with Gasteiger partial charge >= 0.3 is 0 Å². The quantitative estimate of drug-likeness (QED) is 0.772. The van der Waals surface area contributed by atoms with E-state index >= 15 is 0 Å². The van der Waals surface area contributed by atoms with E-state index in [0.29, 0.717) is 0 Å². The molecule has 2 aromatic carbocycles. The average Bonchev–Trinajstić information content (AvgIpc) is 2.38. The van der Waals surface area contributed by atoms with Gasteiger partial charge in [-0.2, -0.15) is 0 Å². The lowest BCUT2D eigenvalue weighted by atomic mass is 9.98. The fraction of sp³-hybridized carbons (Fsp3) is 0.294. The summed E-state index contributed by atoms with van der Waals surface area (Å²) in [7, 11) is 4.13. The zero-order chi connectivity index (χ0) is 13.1. The van der Waals surface area contributed by atoms with E-state index in [1.54, 1.807) is 0 Å². The predicted molar refractivity (Wildman–Crippen MR) is 80.3 cm³/mol. The summed E-state index contributed by atoms with van der Waals surface area (Å²) < 4.78 is 0. The molecule has 18 heavy (non-hydrogen) atoms. The second kappa shape index (κ2) is 5.26. The molecule has 0 saturated carbocycles. The lowest BCUT2D eigenvalue weighted by Crippen LogP contribution is -2.07. The van der Waals surface area contributed by atoms with Crippen LogP contribution in [-0.4, -0.2) is 14.1 Å². The van der Waals surface area contributed by atoms with Crippen molar-refractivity contribution in [3.05, 3.63) is 53.6 Å². The minimum Gasteiger partial charge on any atom is -0.378 e. The van der Waals surface area contributed by atoms with Crippen LogP contribution in [0, 0.1) is 6.92 Å². The molecule has 0 spiro atoms. The van der Waals surface area contributed by atoms with E-state index in [1.807, 2.05) is 0 Å². The van der Waals surface area contributed by atoms with E-state index in [1.165, 1.54) is 27.9 Å². The Morgan fingerprint density at radius 3 is 2.00 bits per heavy atom. The van der Waals surface area contributed by atoms with Crippen LogP contribution in [0.5, 0.6) is 0 Å². The van der Waals surface area contributed by atoms with Gasteiger partial charge in [-0.15, -0.1) is 0 Å². The molecular formula is C17H21N. The summed E-state index contributed by atoms with van der Waals surface area (Å²) >= 11 is 0. The third-order valence-corrected chi connectivity index (χ3v) is 3.44. The van der Waals surface area contributed by atoms with Crippen molar-refractivity contribution in [1.29, 1.82) is 0 Å². The van der Waals surface area contributed by atoms with Crippen molar-refractivity contribution in [3.63, 3.8) is 0 Å². The summed E-state index contributed by atoms with van der Waals surface area (Å²) in [6, 6.07) is 15.5. The standard InChI is InChI=1S/C17H21N/c1-5-14-6-7-16(12-13(14)2)15-8-10-17(11-9-15)18(3)4/h6-12H,5H2,1-4H3. The molecule has 2 aromatic rings. The Morgan fingerprint density at radius 2 is 1.50 bits per heavy atom. The van der Waals surface area contributed by atoms with E-state index < -0.39 is 0 Å². The van der Waals surface area contributed by atoms with Crippen LogP contribution in [0.15, 0.2) is 42.5 Å². The molecular weight excluding hydrogens is 218 g/mol. The van der Waals surface area contributed by atoms with Crippen molar-refractivity contribution in [2.75, 3.05) is 19.0 Å². The maximum Gasteiger partial charge on any atom is 0.0361 e. The topological polar surface area (TPSA) is 3.24 Å². The van der Waals surface area contributed by atoms with Crippen molar-refractivity contribution in [1.82, 2.24) is 0 Å². The fourth-order valence-corrected chi connectivity index (χ4v) is 2.22. The molecule has 0 amide bonds. The zero-order valence-corrected chi connectivity index (χ0v) is 11.7. The van der Waals surface area contributed by atoms with Crippen LogP contribution in [0.1, 0.15) is 18.1 Å². The van der Waals surface area contributed by atoms with E-state index in [0.717, 1.165) is 6.42 Å². The third-order valence-electron chi connectivity index (χ3n) is 3.44. The first-order chi connectivity index (χ1) is 8.61. The first-order valence-corrected chi connectivity index (χ1v) is 6.49. The number of nitrogens with zero attached hydrogens (tertiary/aromatic N) is 1. The molecule has 1 nitrogen and oxygen atoms in total. The van der Waals surface area contributed by atoms with Gasteiger partial charge in [0.1, 0.15) is 0 Å². The maximum absolute atomic E-state index is 2.28. The van der Waals surface area contributed by atoms with Crippen LogP contribution in [0.4, 0.5) is 5.69 Å². The Hall–Kier alpha value is -1.76. The molecule has 0 unspecified atom stereocenters. The number of hydrogen-bond donors (Lipinski definition) is 0. The van der Waals surface area contributed by atoms with Crippen molar-refractivity contribution >= 4 is 5.69 Å². The SMILES string of the molecule is CCc1ccc(-c2ccc(N(C)C)cc2)cc1C. The molecule has 0 bridgehead atoms. The number of anilines is 1. The lowest BCUT2D eigenvalue weighted by Gasteiger charge is -2.13. The highest BCUT2D eigenvalue weighted by atomic mass is 15.1. The second-order valence-corrected chi connectivity index (χ2v) is 4.94. The highest BCUT2D eigenvalue weighted by Crippen LogP contribution is 2.24. The van der Waals surface area contributed by atoms with Gasteiger partial charge in [0, 0.05) is 19.8 Å². The van der Waals surface area contributed by atoms with Gasteiger partial charge in [-0.05, 0) is 47.7 Å². The third kappa shape index (κ3) is 2.56. The summed E-state index contributed by atoms with van der Waals surface area (Å²) in [6.07, 6.45) is 1.10. The second-order valence-electron chi connectivity index (χ2n) is 4.94. The molecule has 94 valence electrons. The van der Waals surface area contributed by atoms with E-state index in [9.17, 15) is 0 Å². The molecule has 0 aliphatic heterocycles. The Labute approximate surface area is 110 Å². The number of hydrogen-bond acceptors (Lipinski definition) is 1. The number of benzene rings is 2. The molecule has 0 saturated heterocycles. The summed E-state index contributed by atoms with van der Waals surface area (Å²) in [4.78, 5) is 2.12. The van der Waals surface area contributed by atoms with Gasteiger partial charge in [0.25, 0.3) is 0 Å². The van der Waals surface area contributed by atoms with Crippen LogP contribution in [0.25, 0.3) is 11.1 Å². The minimum atomic E-state index is 1.10. The average molecular weight is 239 g/mol. The van der Waals surface area contributed by atoms with E-state index in [2.05, 4.69) is 75.3 Å². The van der Waals surface area contributed by atoms with Crippen LogP contribution in [0.2, 0.25) is 0 Å². The van der Waals surface area contributed by atoms with Crippen molar-refractivity contribution < 1.29 is 0 Å². The molecule has 1 heteroatoms. The van der Waals surface area contributed by atoms with Crippen LogP contribution in [0.3, 0.4) is 0 Å². The maximum atomic E-state index is 2.28. The van der Waals surface area contributed by atoms with Gasteiger partial charge in [0.05, 0.1) is 0 Å².